The summed E-state index contributed by atoms with van der Waals surface area (Å²) in [5, 5.41) is 0. The van der Waals surface area contributed by atoms with Crippen molar-refractivity contribution in [3.8, 4) is 0 Å². The van der Waals surface area contributed by atoms with Crippen molar-refractivity contribution in [3.05, 3.63) is 42.5 Å². The van der Waals surface area contributed by atoms with Gasteiger partial charge in [-0.1, -0.05) is 24.3 Å². The molecule has 0 radical (unpaired) electrons. The summed E-state index contributed by atoms with van der Waals surface area (Å²) in [6, 6.07) is 11.3. The standard InChI is InChI=1S/C14H22N/c1-5-6-12-15(4,13(2)3)14-10-8-7-9-11-14/h5-11,13H,12H2,1-4H3/q+1/b6-5+/t15-/m1/s1. The fraction of sp³-hybridized carbons (Fsp3) is 0.429. The second-order valence-electron chi connectivity index (χ2n) is 4.45. The predicted octanol–water partition coefficient (Wildman–Crippen LogP) is 3.61. The Morgan fingerprint density at radius 2 is 1.80 bits per heavy atom. The average Bonchev–Trinajstić information content (AvgIpc) is 2.27. The Labute approximate surface area is 93.6 Å². The molecule has 0 aliphatic heterocycles. The van der Waals surface area contributed by atoms with E-state index in [-0.39, 0.29) is 0 Å². The van der Waals surface area contributed by atoms with Crippen LogP contribution in [0.1, 0.15) is 20.8 Å². The molecule has 15 heavy (non-hydrogen) atoms. The van der Waals surface area contributed by atoms with Crippen molar-refractivity contribution in [2.24, 2.45) is 0 Å². The van der Waals surface area contributed by atoms with Gasteiger partial charge in [0.15, 0.2) is 0 Å². The van der Waals surface area contributed by atoms with E-state index in [9.17, 15) is 0 Å². The summed E-state index contributed by atoms with van der Waals surface area (Å²) in [5.41, 5.74) is 1.38. The topological polar surface area (TPSA) is 0 Å². The maximum absolute atomic E-state index is 2.29. The van der Waals surface area contributed by atoms with Crippen molar-refractivity contribution in [3.63, 3.8) is 0 Å². The van der Waals surface area contributed by atoms with Gasteiger partial charge in [0, 0.05) is 0 Å². The van der Waals surface area contributed by atoms with Gasteiger partial charge in [-0.15, -0.1) is 0 Å². The Kier molecular flexibility index (Phi) is 4.10. The highest BCUT2D eigenvalue weighted by Crippen LogP contribution is 2.23. The predicted molar refractivity (Wildman–Crippen MR) is 69.0 cm³/mol. The maximum Gasteiger partial charge on any atom is 0.133 e. The van der Waals surface area contributed by atoms with Crippen LogP contribution in [0.25, 0.3) is 0 Å². The normalized spacial score (nSPS) is 15.8. The number of quaternary nitrogens is 1. The molecule has 0 aliphatic carbocycles. The number of allylic oxidation sites excluding steroid dienone is 1. The first-order valence-corrected chi connectivity index (χ1v) is 5.63. The Hall–Kier alpha value is -1.08. The van der Waals surface area contributed by atoms with Crippen molar-refractivity contribution in [1.82, 2.24) is 4.48 Å². The molecule has 82 valence electrons. The molecule has 1 rings (SSSR count). The van der Waals surface area contributed by atoms with E-state index in [0.29, 0.717) is 6.04 Å². The summed E-state index contributed by atoms with van der Waals surface area (Å²) in [4.78, 5) is 0. The third kappa shape index (κ3) is 2.69. The van der Waals surface area contributed by atoms with Crippen LogP contribution in [-0.4, -0.2) is 19.6 Å². The van der Waals surface area contributed by atoms with Crippen molar-refractivity contribution in [2.45, 2.75) is 26.8 Å². The van der Waals surface area contributed by atoms with E-state index in [0.717, 1.165) is 11.0 Å². The van der Waals surface area contributed by atoms with Crippen LogP contribution in [-0.2, 0) is 0 Å². The Morgan fingerprint density at radius 1 is 1.20 bits per heavy atom. The molecular weight excluding hydrogens is 182 g/mol. The van der Waals surface area contributed by atoms with Crippen LogP contribution in [0.2, 0.25) is 0 Å². The fourth-order valence-corrected chi connectivity index (χ4v) is 1.71. The molecule has 0 aromatic heterocycles. The summed E-state index contributed by atoms with van der Waals surface area (Å²) in [6.45, 7) is 7.68. The lowest BCUT2D eigenvalue weighted by molar-refractivity contribution is 0.299. The highest BCUT2D eigenvalue weighted by Gasteiger charge is 2.26. The summed E-state index contributed by atoms with van der Waals surface area (Å²) in [5.74, 6) is 0. The van der Waals surface area contributed by atoms with Gasteiger partial charge in [0.05, 0.1) is 13.1 Å². The number of rotatable bonds is 4. The second-order valence-corrected chi connectivity index (χ2v) is 4.45. The number of likely N-dealkylation sites (N-methyl/N-ethyl adjacent to an activating group) is 1. The van der Waals surface area contributed by atoms with E-state index in [4.69, 9.17) is 0 Å². The first-order chi connectivity index (χ1) is 7.11. The molecule has 1 aromatic rings. The molecular formula is C14H22N+. The molecule has 0 bridgehead atoms. The fourth-order valence-electron chi connectivity index (χ4n) is 1.71. The van der Waals surface area contributed by atoms with Crippen LogP contribution in [0.15, 0.2) is 42.5 Å². The molecule has 0 heterocycles. The lowest BCUT2D eigenvalue weighted by Gasteiger charge is -2.37. The molecule has 0 saturated carbocycles. The van der Waals surface area contributed by atoms with Gasteiger partial charge < -0.3 is 0 Å². The molecule has 1 nitrogen and oxygen atoms in total. The third-order valence-electron chi connectivity index (χ3n) is 3.21. The van der Waals surface area contributed by atoms with E-state index >= 15 is 0 Å². The van der Waals surface area contributed by atoms with Crippen LogP contribution in [0.3, 0.4) is 0 Å². The number of hydrogen-bond donors (Lipinski definition) is 0. The molecule has 1 aromatic carbocycles. The van der Waals surface area contributed by atoms with Crippen molar-refractivity contribution in [2.75, 3.05) is 13.6 Å². The number of benzene rings is 1. The molecule has 0 amide bonds. The van der Waals surface area contributed by atoms with Crippen LogP contribution in [0.5, 0.6) is 0 Å². The summed E-state index contributed by atoms with van der Waals surface area (Å²) in [7, 11) is 2.29. The Morgan fingerprint density at radius 3 is 2.27 bits per heavy atom. The summed E-state index contributed by atoms with van der Waals surface area (Å²) >= 11 is 0. The van der Waals surface area contributed by atoms with Crippen LogP contribution in [0.4, 0.5) is 5.69 Å². The minimum atomic E-state index is 0.587. The zero-order valence-corrected chi connectivity index (χ0v) is 10.3. The minimum absolute atomic E-state index is 0.587. The molecule has 1 heteroatoms. The maximum atomic E-state index is 2.29. The molecule has 0 spiro atoms. The molecule has 0 saturated heterocycles. The monoisotopic (exact) mass is 204 g/mol. The van der Waals surface area contributed by atoms with Gasteiger partial charge in [0.25, 0.3) is 0 Å². The molecule has 0 unspecified atom stereocenters. The molecule has 0 N–H and O–H groups in total. The summed E-state index contributed by atoms with van der Waals surface area (Å²) in [6.07, 6.45) is 4.37. The van der Waals surface area contributed by atoms with Gasteiger partial charge in [-0.3, -0.25) is 4.48 Å². The lowest BCUT2D eigenvalue weighted by atomic mass is 10.1. The lowest BCUT2D eigenvalue weighted by Crippen LogP contribution is -2.50. The third-order valence-corrected chi connectivity index (χ3v) is 3.21. The summed E-state index contributed by atoms with van der Waals surface area (Å²) < 4.78 is 0.963. The molecule has 0 fully saturated rings. The SMILES string of the molecule is C/C=C/C[N@@+](C)(c1ccccc1)C(C)C. The van der Waals surface area contributed by atoms with E-state index in [1.54, 1.807) is 0 Å². The quantitative estimate of drug-likeness (QED) is 0.519. The van der Waals surface area contributed by atoms with Gasteiger partial charge in [-0.2, -0.15) is 0 Å². The van der Waals surface area contributed by atoms with Gasteiger partial charge >= 0.3 is 0 Å². The molecule has 0 aliphatic rings. The Balaban J connectivity index is 3.01. The first kappa shape index (κ1) is 12.0. The van der Waals surface area contributed by atoms with Crippen LogP contribution >= 0.6 is 0 Å². The van der Waals surface area contributed by atoms with E-state index in [1.807, 2.05) is 0 Å². The minimum Gasteiger partial charge on any atom is -0.288 e. The van der Waals surface area contributed by atoms with Gasteiger partial charge in [0.1, 0.15) is 12.2 Å². The largest absolute Gasteiger partial charge is 0.288 e. The van der Waals surface area contributed by atoms with E-state index < -0.39 is 0 Å². The smallest absolute Gasteiger partial charge is 0.133 e. The van der Waals surface area contributed by atoms with Gasteiger partial charge in [-0.05, 0) is 39.0 Å². The van der Waals surface area contributed by atoms with Crippen LogP contribution < -0.4 is 4.48 Å². The highest BCUT2D eigenvalue weighted by molar-refractivity contribution is 5.43. The second kappa shape index (κ2) is 5.13. The highest BCUT2D eigenvalue weighted by atomic mass is 15.3. The van der Waals surface area contributed by atoms with E-state index in [2.05, 4.69) is 70.3 Å². The van der Waals surface area contributed by atoms with Crippen molar-refractivity contribution in [1.29, 1.82) is 0 Å². The first-order valence-electron chi connectivity index (χ1n) is 5.63. The Bertz CT molecular complexity index is 313. The zero-order valence-electron chi connectivity index (χ0n) is 10.3. The van der Waals surface area contributed by atoms with Crippen molar-refractivity contribution < 1.29 is 0 Å². The van der Waals surface area contributed by atoms with E-state index in [1.165, 1.54) is 5.69 Å². The van der Waals surface area contributed by atoms with Crippen molar-refractivity contribution >= 4 is 5.69 Å². The average molecular weight is 204 g/mol. The molecule has 1 atom stereocenters. The van der Waals surface area contributed by atoms with Gasteiger partial charge in [-0.25, -0.2) is 0 Å². The zero-order chi connectivity index (χ0) is 11.3. The van der Waals surface area contributed by atoms with Gasteiger partial charge in [0.2, 0.25) is 0 Å². The van der Waals surface area contributed by atoms with Crippen LogP contribution in [0, 0.1) is 0 Å². The number of nitrogens with zero attached hydrogens (tertiary/aromatic N) is 1. The number of para-hydroxylation sites is 1. The number of hydrogen-bond acceptors (Lipinski definition) is 0.